The highest BCUT2D eigenvalue weighted by Crippen LogP contribution is 2.32. The Balaban J connectivity index is 0.000000180. The average molecular weight is 938 g/mol. The highest BCUT2D eigenvalue weighted by atomic mass is 35.5. The first-order valence-corrected chi connectivity index (χ1v) is 20.7. The second-order valence-corrected chi connectivity index (χ2v) is 15.1. The summed E-state index contributed by atoms with van der Waals surface area (Å²) in [6.07, 6.45) is 11.0. The van der Waals surface area contributed by atoms with Crippen LogP contribution in [0.25, 0.3) is 22.3 Å². The minimum atomic E-state index is -0.536. The smallest absolute Gasteiger partial charge is 0.414 e. The standard InChI is InChI=1S/C22H22FN9O3.C20H19FN8O2.ClH/c1-24-21(33)32-9-8-29(14-27-32)20-5-2-15(11-25-20)18-4-3-16(10-19(18)23)31-13-17(35-22(31)34)12-30-7-6-26-28-30;21-18-9-15(29-12-16(31-20(29)30)11-28-8-6-24-26-28)2-3-17(18)14-1-4-19(22-10-14)27-7-5-23-25-13-27;/h2-7,10-11,14,17H,8-9,12-13H2,1H3,(H,24,33);1-4,6,8-10,13,16,23H,5,7,11-12H2;1H/t17-;16-;/m00./s1. The van der Waals surface area contributed by atoms with Crippen LogP contribution < -0.4 is 30.3 Å². The van der Waals surface area contributed by atoms with Crippen LogP contribution in [0.15, 0.2) is 108 Å². The number of nitrogens with one attached hydrogen (secondary N) is 2. The SMILES string of the molecule is CNC(=O)N1CCN(c2ccc(-c3ccc(N4C[C@H](Cn5ccnn5)OC4=O)cc3F)cn2)C=N1.Cl.O=C1O[C@@H](Cn2ccnn2)CN1c1ccc(-c2ccc(N3C=NNCC3)nc2)c(F)c1. The summed E-state index contributed by atoms with van der Waals surface area (Å²) in [5.74, 6) is 0.447. The zero-order chi connectivity index (χ0) is 45.6. The van der Waals surface area contributed by atoms with Crippen molar-refractivity contribution in [3.05, 3.63) is 109 Å². The van der Waals surface area contributed by atoms with Gasteiger partial charge in [-0.05, 0) is 60.7 Å². The Labute approximate surface area is 386 Å². The predicted octanol–water partition coefficient (Wildman–Crippen LogP) is 4.19. The molecule has 0 saturated carbocycles. The number of benzene rings is 2. The molecule has 0 aliphatic carbocycles. The molecule has 0 radical (unpaired) electrons. The number of hydrogen-bond acceptors (Lipinski definition) is 16. The summed E-state index contributed by atoms with van der Waals surface area (Å²) in [7, 11) is 1.55. The van der Waals surface area contributed by atoms with Gasteiger partial charge in [-0.3, -0.25) is 9.80 Å². The second kappa shape index (κ2) is 20.3. The Bertz CT molecular complexity index is 2730. The summed E-state index contributed by atoms with van der Waals surface area (Å²) in [5, 5.41) is 27.2. The second-order valence-electron chi connectivity index (χ2n) is 15.1. The van der Waals surface area contributed by atoms with Crippen molar-refractivity contribution in [3.8, 4) is 22.3 Å². The van der Waals surface area contributed by atoms with E-state index in [1.54, 1.807) is 101 Å². The molecule has 2 fully saturated rings. The van der Waals surface area contributed by atoms with Crippen molar-refractivity contribution in [1.29, 1.82) is 0 Å². The lowest BCUT2D eigenvalue weighted by Crippen LogP contribution is -2.44. The van der Waals surface area contributed by atoms with E-state index in [1.807, 2.05) is 17.0 Å². The van der Waals surface area contributed by atoms with Crippen molar-refractivity contribution in [2.24, 2.45) is 10.2 Å². The summed E-state index contributed by atoms with van der Waals surface area (Å²) < 4.78 is 43.8. The molecule has 6 aromatic rings. The molecule has 4 aromatic heterocycles. The van der Waals surface area contributed by atoms with Gasteiger partial charge in [-0.1, -0.05) is 10.4 Å². The molecule has 4 aliphatic rings. The molecule has 67 heavy (non-hydrogen) atoms. The maximum atomic E-state index is 15.0. The number of hydrogen-bond donors (Lipinski definition) is 2. The number of ether oxygens (including phenoxy) is 2. The Hall–Kier alpha value is -8.28. The normalized spacial score (nSPS) is 17.6. The molecule has 346 valence electrons. The third-order valence-corrected chi connectivity index (χ3v) is 10.8. The van der Waals surface area contributed by atoms with E-state index in [2.05, 4.69) is 51.5 Å². The van der Waals surface area contributed by atoms with Crippen LogP contribution in [0.1, 0.15) is 0 Å². The van der Waals surface area contributed by atoms with E-state index in [9.17, 15) is 18.8 Å². The number of hydrazone groups is 2. The van der Waals surface area contributed by atoms with E-state index >= 15 is 4.39 Å². The van der Waals surface area contributed by atoms with Gasteiger partial charge >= 0.3 is 18.2 Å². The van der Waals surface area contributed by atoms with Gasteiger partial charge in [0.25, 0.3) is 0 Å². The fourth-order valence-electron chi connectivity index (χ4n) is 7.45. The van der Waals surface area contributed by atoms with Gasteiger partial charge in [-0.15, -0.1) is 22.6 Å². The lowest BCUT2D eigenvalue weighted by atomic mass is 10.1. The van der Waals surface area contributed by atoms with Crippen molar-refractivity contribution >= 4 is 66.3 Å². The molecular formula is C42H42ClF2N17O5. The highest BCUT2D eigenvalue weighted by Gasteiger charge is 2.34. The van der Waals surface area contributed by atoms with E-state index in [-0.39, 0.29) is 31.1 Å². The van der Waals surface area contributed by atoms with Gasteiger partial charge in [-0.2, -0.15) is 10.2 Å². The number of urea groups is 1. The van der Waals surface area contributed by atoms with E-state index < -0.39 is 29.9 Å². The number of amides is 4. The van der Waals surface area contributed by atoms with Crippen LogP contribution in [0.3, 0.4) is 0 Å². The molecule has 8 heterocycles. The summed E-state index contributed by atoms with van der Waals surface area (Å²) >= 11 is 0. The molecule has 4 amide bonds. The molecular weight excluding hydrogens is 896 g/mol. The zero-order valence-electron chi connectivity index (χ0n) is 35.6. The topological polar surface area (TPSA) is 222 Å². The lowest BCUT2D eigenvalue weighted by Gasteiger charge is -2.27. The molecule has 10 rings (SSSR count). The maximum absolute atomic E-state index is 15.0. The number of cyclic esters (lactones) is 2. The largest absolute Gasteiger partial charge is 0.442 e. The van der Waals surface area contributed by atoms with Gasteiger partial charge in [0.1, 0.15) is 48.2 Å². The third-order valence-electron chi connectivity index (χ3n) is 10.8. The minimum Gasteiger partial charge on any atom is -0.442 e. The number of carbonyl (C=O) groups excluding carboxylic acids is 3. The van der Waals surface area contributed by atoms with Crippen LogP contribution in [0.5, 0.6) is 0 Å². The number of nitrogens with zero attached hydrogens (tertiary/aromatic N) is 15. The summed E-state index contributed by atoms with van der Waals surface area (Å²) in [6.45, 7) is 3.76. The zero-order valence-corrected chi connectivity index (χ0v) is 36.4. The lowest BCUT2D eigenvalue weighted by molar-refractivity contribution is 0.128. The van der Waals surface area contributed by atoms with Crippen LogP contribution in [-0.2, 0) is 22.6 Å². The van der Waals surface area contributed by atoms with E-state index in [0.717, 1.165) is 18.9 Å². The maximum Gasteiger partial charge on any atom is 0.414 e. The number of pyridine rings is 2. The summed E-state index contributed by atoms with van der Waals surface area (Å²) in [5.41, 5.74) is 5.73. The van der Waals surface area contributed by atoms with Crippen LogP contribution in [0.4, 0.5) is 46.2 Å². The minimum absolute atomic E-state index is 0. The van der Waals surface area contributed by atoms with Gasteiger partial charge in [0.15, 0.2) is 0 Å². The molecule has 0 unspecified atom stereocenters. The molecule has 25 heteroatoms. The molecule has 0 bridgehead atoms. The first-order valence-electron chi connectivity index (χ1n) is 20.7. The van der Waals surface area contributed by atoms with Crippen LogP contribution >= 0.6 is 12.4 Å². The molecule has 2 N–H and O–H groups in total. The van der Waals surface area contributed by atoms with Crippen molar-refractivity contribution < 1.29 is 32.6 Å². The van der Waals surface area contributed by atoms with E-state index in [0.29, 0.717) is 72.2 Å². The number of rotatable bonds is 10. The summed E-state index contributed by atoms with van der Waals surface area (Å²) in [4.78, 5) is 51.6. The summed E-state index contributed by atoms with van der Waals surface area (Å²) in [6, 6.07) is 16.2. The fraction of sp³-hybridized carbons (Fsp3) is 0.262. The number of anilines is 4. The molecule has 2 atom stereocenters. The first-order chi connectivity index (χ1) is 32.2. The van der Waals surface area contributed by atoms with Gasteiger partial charge in [-0.25, -0.2) is 47.5 Å². The fourth-order valence-corrected chi connectivity index (χ4v) is 7.45. The number of aromatic nitrogens is 8. The Morgan fingerprint density at radius 1 is 0.731 bits per heavy atom. The van der Waals surface area contributed by atoms with Crippen LogP contribution in [0.2, 0.25) is 0 Å². The monoisotopic (exact) mass is 937 g/mol. The Morgan fingerprint density at radius 2 is 1.27 bits per heavy atom. The molecule has 2 aromatic carbocycles. The van der Waals surface area contributed by atoms with Crippen molar-refractivity contribution in [3.63, 3.8) is 0 Å². The molecule has 2 saturated heterocycles. The molecule has 4 aliphatic heterocycles. The van der Waals surface area contributed by atoms with Gasteiger partial charge in [0.05, 0.1) is 63.0 Å². The van der Waals surface area contributed by atoms with Crippen molar-refractivity contribution in [1.82, 2.24) is 55.7 Å². The molecule has 22 nitrogen and oxygen atoms in total. The third kappa shape index (κ3) is 10.3. The average Bonchev–Trinajstić information content (AvgIpc) is 4.20. The Morgan fingerprint density at radius 3 is 1.67 bits per heavy atom. The first kappa shape index (κ1) is 45.3. The van der Waals surface area contributed by atoms with Crippen LogP contribution in [-0.4, -0.2) is 134 Å². The number of carbonyl (C=O) groups is 3. The van der Waals surface area contributed by atoms with Gasteiger partial charge < -0.3 is 30.0 Å². The van der Waals surface area contributed by atoms with Crippen molar-refractivity contribution in [2.75, 3.05) is 65.9 Å². The highest BCUT2D eigenvalue weighted by molar-refractivity contribution is 5.91. The Kier molecular flexibility index (Phi) is 13.7. The van der Waals surface area contributed by atoms with Crippen molar-refractivity contribution in [2.45, 2.75) is 25.3 Å². The van der Waals surface area contributed by atoms with E-state index in [1.165, 1.54) is 33.3 Å². The predicted molar refractivity (Wildman–Crippen MR) is 243 cm³/mol. The van der Waals surface area contributed by atoms with Crippen LogP contribution in [0, 0.1) is 11.6 Å². The van der Waals surface area contributed by atoms with Gasteiger partial charge in [0.2, 0.25) is 0 Å². The van der Waals surface area contributed by atoms with Gasteiger partial charge in [0, 0.05) is 67.2 Å². The van der Waals surface area contributed by atoms with E-state index in [4.69, 9.17) is 9.47 Å². The molecule has 0 spiro atoms. The number of halogens is 3. The quantitative estimate of drug-likeness (QED) is 0.197.